The van der Waals surface area contributed by atoms with E-state index in [0.29, 0.717) is 18.7 Å². The van der Waals surface area contributed by atoms with Crippen molar-refractivity contribution < 1.29 is 16.8 Å². The molecule has 0 spiro atoms. The van der Waals surface area contributed by atoms with Crippen LogP contribution in [-0.2, 0) is 20.0 Å². The maximum absolute atomic E-state index is 12.9. The van der Waals surface area contributed by atoms with Gasteiger partial charge in [-0.2, -0.15) is 4.31 Å². The molecule has 0 aliphatic carbocycles. The third-order valence-electron chi connectivity index (χ3n) is 4.55. The monoisotopic (exact) mass is 462 g/mol. The highest BCUT2D eigenvalue weighted by Gasteiger charge is 2.27. The number of nitrogens with zero attached hydrogens (tertiary/aromatic N) is 1. The first-order chi connectivity index (χ1) is 13.1. The topological polar surface area (TPSA) is 83.6 Å². The molecule has 2 aromatic rings. The molecule has 0 bridgehead atoms. The van der Waals surface area contributed by atoms with Crippen LogP contribution in [0.3, 0.4) is 0 Å². The quantitative estimate of drug-likeness (QED) is 0.718. The Morgan fingerprint density at radius 2 is 1.46 bits per heavy atom. The predicted molar refractivity (Wildman–Crippen MR) is 111 cm³/mol. The van der Waals surface area contributed by atoms with E-state index in [-0.39, 0.29) is 25.5 Å². The lowest BCUT2D eigenvalue weighted by atomic mass is 10.2. The SMILES string of the molecule is Cc1ccc(S(=O)(=O)N2CCCCC2)cc1NS(=O)(=O)c1cc(Cl)cc(Cl)c1. The van der Waals surface area contributed by atoms with Gasteiger partial charge in [0.2, 0.25) is 10.0 Å². The van der Waals surface area contributed by atoms with E-state index in [1.165, 1.54) is 34.6 Å². The predicted octanol–water partition coefficient (Wildman–Crippen LogP) is 4.28. The van der Waals surface area contributed by atoms with Crippen molar-refractivity contribution in [3.05, 3.63) is 52.0 Å². The molecule has 28 heavy (non-hydrogen) atoms. The number of rotatable bonds is 5. The molecule has 1 aliphatic heterocycles. The molecule has 2 aromatic carbocycles. The Balaban J connectivity index is 1.95. The summed E-state index contributed by atoms with van der Waals surface area (Å²) >= 11 is 11.8. The Bertz CT molecular complexity index is 1080. The largest absolute Gasteiger partial charge is 0.279 e. The number of hydrogen-bond donors (Lipinski definition) is 1. The average molecular weight is 463 g/mol. The third-order valence-corrected chi connectivity index (χ3v) is 8.23. The van der Waals surface area contributed by atoms with Gasteiger partial charge in [-0.25, -0.2) is 16.8 Å². The van der Waals surface area contributed by atoms with Gasteiger partial charge in [0, 0.05) is 23.1 Å². The van der Waals surface area contributed by atoms with Crippen molar-refractivity contribution >= 4 is 48.9 Å². The molecule has 0 radical (unpaired) electrons. The fourth-order valence-electron chi connectivity index (χ4n) is 3.01. The lowest BCUT2D eigenvalue weighted by Gasteiger charge is -2.26. The van der Waals surface area contributed by atoms with Gasteiger partial charge in [-0.3, -0.25) is 4.72 Å². The fourth-order valence-corrected chi connectivity index (χ4v) is 6.40. The summed E-state index contributed by atoms with van der Waals surface area (Å²) in [4.78, 5) is -0.0458. The zero-order valence-electron chi connectivity index (χ0n) is 15.2. The van der Waals surface area contributed by atoms with Crippen LogP contribution in [0.5, 0.6) is 0 Å². The number of halogens is 2. The van der Waals surface area contributed by atoms with Gasteiger partial charge >= 0.3 is 0 Å². The first-order valence-corrected chi connectivity index (χ1v) is 12.4. The Morgan fingerprint density at radius 3 is 2.07 bits per heavy atom. The number of piperidine rings is 1. The zero-order chi connectivity index (χ0) is 20.5. The number of hydrogen-bond acceptors (Lipinski definition) is 4. The number of aryl methyl sites for hydroxylation is 1. The van der Waals surface area contributed by atoms with Gasteiger partial charge in [-0.05, 0) is 55.7 Å². The Hall–Kier alpha value is -1.32. The van der Waals surface area contributed by atoms with Crippen molar-refractivity contribution in [1.29, 1.82) is 0 Å². The number of benzene rings is 2. The van der Waals surface area contributed by atoms with Crippen LogP contribution in [-0.4, -0.2) is 34.2 Å². The van der Waals surface area contributed by atoms with Gasteiger partial charge in [0.15, 0.2) is 0 Å². The van der Waals surface area contributed by atoms with Gasteiger partial charge in [0.25, 0.3) is 10.0 Å². The van der Waals surface area contributed by atoms with Crippen molar-refractivity contribution in [2.75, 3.05) is 17.8 Å². The third kappa shape index (κ3) is 4.63. The van der Waals surface area contributed by atoms with Gasteiger partial charge in [-0.15, -0.1) is 0 Å². The summed E-state index contributed by atoms with van der Waals surface area (Å²) in [5.74, 6) is 0. The minimum Gasteiger partial charge on any atom is -0.279 e. The molecular formula is C18H20Cl2N2O4S2. The highest BCUT2D eigenvalue weighted by atomic mass is 35.5. The van der Waals surface area contributed by atoms with Crippen molar-refractivity contribution in [3.8, 4) is 0 Å². The second-order valence-corrected chi connectivity index (χ2v) is 11.1. The van der Waals surface area contributed by atoms with Crippen LogP contribution in [0.4, 0.5) is 5.69 Å². The van der Waals surface area contributed by atoms with Gasteiger partial charge in [0.05, 0.1) is 15.5 Å². The molecule has 152 valence electrons. The molecular weight excluding hydrogens is 443 g/mol. The minimum atomic E-state index is -4.00. The Morgan fingerprint density at radius 1 is 0.857 bits per heavy atom. The van der Waals surface area contributed by atoms with Gasteiger partial charge < -0.3 is 0 Å². The maximum atomic E-state index is 12.9. The highest BCUT2D eigenvalue weighted by molar-refractivity contribution is 7.92. The van der Waals surface area contributed by atoms with Crippen molar-refractivity contribution in [2.45, 2.75) is 36.0 Å². The van der Waals surface area contributed by atoms with Gasteiger partial charge in [-0.1, -0.05) is 35.7 Å². The van der Waals surface area contributed by atoms with E-state index in [9.17, 15) is 16.8 Å². The molecule has 1 aliphatic rings. The number of nitrogens with one attached hydrogen (secondary N) is 1. The standard InChI is InChI=1S/C18H20Cl2N2O4S2/c1-13-5-6-16(28(25,26)22-7-3-2-4-8-22)12-18(13)21-27(23,24)17-10-14(19)9-15(20)11-17/h5-6,9-12,21H,2-4,7-8H2,1H3. The molecule has 1 fully saturated rings. The van der Waals surface area contributed by atoms with E-state index >= 15 is 0 Å². The molecule has 10 heteroatoms. The molecule has 0 aromatic heterocycles. The van der Waals surface area contributed by atoms with Crippen LogP contribution in [0.25, 0.3) is 0 Å². The molecule has 1 N–H and O–H groups in total. The molecule has 1 heterocycles. The second kappa shape index (κ2) is 8.20. The zero-order valence-corrected chi connectivity index (χ0v) is 18.3. The molecule has 1 saturated heterocycles. The van der Waals surface area contributed by atoms with Crippen LogP contribution in [0.1, 0.15) is 24.8 Å². The molecule has 3 rings (SSSR count). The fraction of sp³-hybridized carbons (Fsp3) is 0.333. The Kier molecular flexibility index (Phi) is 6.26. The van der Waals surface area contributed by atoms with E-state index in [4.69, 9.17) is 23.2 Å². The smallest absolute Gasteiger partial charge is 0.262 e. The van der Waals surface area contributed by atoms with E-state index in [1.54, 1.807) is 13.0 Å². The lowest BCUT2D eigenvalue weighted by molar-refractivity contribution is 0.346. The second-order valence-electron chi connectivity index (χ2n) is 6.65. The van der Waals surface area contributed by atoms with Crippen molar-refractivity contribution in [1.82, 2.24) is 4.31 Å². The van der Waals surface area contributed by atoms with Crippen LogP contribution in [0.15, 0.2) is 46.2 Å². The number of sulfonamides is 2. The summed E-state index contributed by atoms with van der Waals surface area (Å²) in [5.41, 5.74) is 0.781. The summed E-state index contributed by atoms with van der Waals surface area (Å²) in [6.45, 7) is 2.64. The first-order valence-electron chi connectivity index (χ1n) is 8.69. The normalized spacial score (nSPS) is 16.1. The van der Waals surface area contributed by atoms with Crippen LogP contribution >= 0.6 is 23.2 Å². The van der Waals surface area contributed by atoms with E-state index in [0.717, 1.165) is 19.3 Å². The highest BCUT2D eigenvalue weighted by Crippen LogP contribution is 2.28. The molecule has 0 saturated carbocycles. The molecule has 0 amide bonds. The average Bonchev–Trinajstić information content (AvgIpc) is 2.63. The number of anilines is 1. The molecule has 0 atom stereocenters. The summed E-state index contributed by atoms with van der Waals surface area (Å²) in [7, 11) is -7.67. The van der Waals surface area contributed by atoms with Gasteiger partial charge in [0.1, 0.15) is 0 Å². The van der Waals surface area contributed by atoms with Crippen molar-refractivity contribution in [3.63, 3.8) is 0 Å². The molecule has 6 nitrogen and oxygen atoms in total. The summed E-state index contributed by atoms with van der Waals surface area (Å²) < 4.78 is 55.1. The van der Waals surface area contributed by atoms with Crippen LogP contribution < -0.4 is 4.72 Å². The summed E-state index contributed by atoms with van der Waals surface area (Å²) in [6.07, 6.45) is 2.65. The van der Waals surface area contributed by atoms with E-state index in [2.05, 4.69) is 4.72 Å². The lowest BCUT2D eigenvalue weighted by Crippen LogP contribution is -2.35. The summed E-state index contributed by atoms with van der Waals surface area (Å²) in [6, 6.07) is 8.41. The Labute approximate surface area is 175 Å². The van der Waals surface area contributed by atoms with E-state index in [1.807, 2.05) is 0 Å². The maximum Gasteiger partial charge on any atom is 0.262 e. The first kappa shape index (κ1) is 21.4. The van der Waals surface area contributed by atoms with Crippen molar-refractivity contribution in [2.24, 2.45) is 0 Å². The van der Waals surface area contributed by atoms with E-state index < -0.39 is 20.0 Å². The summed E-state index contributed by atoms with van der Waals surface area (Å²) in [5, 5.41) is 0.372. The van der Waals surface area contributed by atoms with Crippen LogP contribution in [0, 0.1) is 6.92 Å². The minimum absolute atomic E-state index is 0.0572. The molecule has 0 unspecified atom stereocenters. The van der Waals surface area contributed by atoms with Crippen LogP contribution in [0.2, 0.25) is 10.0 Å².